The molecule has 0 unspecified atom stereocenters. The minimum absolute atomic E-state index is 0.638. The lowest BCUT2D eigenvalue weighted by atomic mass is 9.90. The molecule has 0 saturated carbocycles. The molecule has 0 radical (unpaired) electrons. The van der Waals surface area contributed by atoms with Crippen molar-refractivity contribution in [2.45, 2.75) is 46.5 Å². The van der Waals surface area contributed by atoms with Crippen molar-refractivity contribution in [3.8, 4) is 0 Å². The van der Waals surface area contributed by atoms with Crippen LogP contribution in [-0.4, -0.2) is 0 Å². The smallest absolute Gasteiger partial charge is 0.0216 e. The molecule has 0 bridgehead atoms. The van der Waals surface area contributed by atoms with Crippen LogP contribution in [0.25, 0.3) is 0 Å². The molecule has 0 aliphatic heterocycles. The van der Waals surface area contributed by atoms with Gasteiger partial charge in [-0.05, 0) is 35.4 Å². The van der Waals surface area contributed by atoms with Crippen LogP contribution in [0.1, 0.15) is 56.2 Å². The maximum Gasteiger partial charge on any atom is -0.0216 e. The van der Waals surface area contributed by atoms with Gasteiger partial charge in [-0.3, -0.25) is 0 Å². The molecule has 1 rings (SSSR count). The van der Waals surface area contributed by atoms with E-state index in [9.17, 15) is 0 Å². The molecule has 1 aromatic rings. The maximum atomic E-state index is 2.26. The first kappa shape index (κ1) is 10.3. The fourth-order valence-corrected chi connectivity index (χ4v) is 1.92. The predicted octanol–water partition coefficient (Wildman–Crippen LogP) is 4.24. The molecule has 0 heteroatoms. The van der Waals surface area contributed by atoms with Crippen molar-refractivity contribution in [2.75, 3.05) is 0 Å². The van der Waals surface area contributed by atoms with Crippen LogP contribution in [0.3, 0.4) is 0 Å². The van der Waals surface area contributed by atoms with E-state index in [1.165, 1.54) is 16.7 Å². The first-order valence-electron chi connectivity index (χ1n) is 5.13. The first-order valence-corrected chi connectivity index (χ1v) is 5.13. The van der Waals surface area contributed by atoms with Gasteiger partial charge in [-0.15, -0.1) is 0 Å². The van der Waals surface area contributed by atoms with Gasteiger partial charge in [0, 0.05) is 0 Å². The number of rotatable bonds is 2. The van der Waals surface area contributed by atoms with Crippen molar-refractivity contribution in [2.24, 2.45) is 0 Å². The van der Waals surface area contributed by atoms with Gasteiger partial charge in [0.25, 0.3) is 0 Å². The van der Waals surface area contributed by atoms with Crippen molar-refractivity contribution in [3.05, 3.63) is 34.9 Å². The third kappa shape index (κ3) is 2.12. The van der Waals surface area contributed by atoms with E-state index in [1.807, 2.05) is 0 Å². The highest BCUT2D eigenvalue weighted by atomic mass is 14.1. The Morgan fingerprint density at radius 2 is 1.23 bits per heavy atom. The van der Waals surface area contributed by atoms with Crippen molar-refractivity contribution in [1.82, 2.24) is 0 Å². The molecule has 0 N–H and O–H groups in total. The summed E-state index contributed by atoms with van der Waals surface area (Å²) in [6.07, 6.45) is 0. The van der Waals surface area contributed by atoms with Crippen molar-refractivity contribution in [1.29, 1.82) is 0 Å². The van der Waals surface area contributed by atoms with Gasteiger partial charge in [0.2, 0.25) is 0 Å². The molecule has 0 fully saturated rings. The fraction of sp³-hybridized carbons (Fsp3) is 0.538. The number of hydrogen-bond donors (Lipinski definition) is 0. The first-order chi connectivity index (χ1) is 6.04. The van der Waals surface area contributed by atoms with Crippen molar-refractivity contribution in [3.63, 3.8) is 0 Å². The van der Waals surface area contributed by atoms with Crippen LogP contribution in [0.5, 0.6) is 0 Å². The molecule has 0 atom stereocenters. The van der Waals surface area contributed by atoms with Crippen LogP contribution in [0.4, 0.5) is 0 Å². The molecule has 1 aromatic carbocycles. The number of hydrogen-bond acceptors (Lipinski definition) is 0. The fourth-order valence-electron chi connectivity index (χ4n) is 1.92. The third-order valence-corrected chi connectivity index (χ3v) is 2.66. The highest BCUT2D eigenvalue weighted by molar-refractivity contribution is 5.37. The molecule has 0 aromatic heterocycles. The second kappa shape index (κ2) is 3.95. The van der Waals surface area contributed by atoms with Crippen LogP contribution in [0.15, 0.2) is 18.2 Å². The summed E-state index contributed by atoms with van der Waals surface area (Å²) in [6.45, 7) is 11.3. The van der Waals surface area contributed by atoms with Crippen LogP contribution >= 0.6 is 0 Å². The monoisotopic (exact) mass is 176 g/mol. The molecule has 0 aliphatic carbocycles. The average Bonchev–Trinajstić information content (AvgIpc) is 2.03. The van der Waals surface area contributed by atoms with Gasteiger partial charge in [0.15, 0.2) is 0 Å². The normalized spacial score (nSPS) is 11.3. The Labute approximate surface area is 82.0 Å². The van der Waals surface area contributed by atoms with E-state index in [4.69, 9.17) is 0 Å². The van der Waals surface area contributed by atoms with E-state index in [1.54, 1.807) is 0 Å². The Hall–Kier alpha value is -0.780. The second-order valence-corrected chi connectivity index (χ2v) is 4.37. The summed E-state index contributed by atoms with van der Waals surface area (Å²) in [5, 5.41) is 0. The SMILES string of the molecule is Cc1c(C(C)C)cccc1C(C)C. The van der Waals surface area contributed by atoms with E-state index in [0.29, 0.717) is 11.8 Å². The largest absolute Gasteiger partial charge is 0.0617 e. The lowest BCUT2D eigenvalue weighted by Crippen LogP contribution is -1.98. The van der Waals surface area contributed by atoms with Gasteiger partial charge in [0.05, 0.1) is 0 Å². The molecule has 72 valence electrons. The van der Waals surface area contributed by atoms with Crippen LogP contribution in [0.2, 0.25) is 0 Å². The summed E-state index contributed by atoms with van der Waals surface area (Å²) < 4.78 is 0. The zero-order valence-electron chi connectivity index (χ0n) is 9.39. The van der Waals surface area contributed by atoms with Crippen LogP contribution in [-0.2, 0) is 0 Å². The lowest BCUT2D eigenvalue weighted by Gasteiger charge is -2.16. The molecule has 0 amide bonds. The zero-order valence-corrected chi connectivity index (χ0v) is 9.39. The van der Waals surface area contributed by atoms with E-state index >= 15 is 0 Å². The zero-order chi connectivity index (χ0) is 10.0. The molecular formula is C13H20. The van der Waals surface area contributed by atoms with Crippen molar-refractivity contribution < 1.29 is 0 Å². The summed E-state index contributed by atoms with van der Waals surface area (Å²) in [6, 6.07) is 6.66. The molecule has 0 heterocycles. The molecule has 0 nitrogen and oxygen atoms in total. The Kier molecular flexibility index (Phi) is 3.13. The Morgan fingerprint density at radius 1 is 0.846 bits per heavy atom. The molecule has 0 saturated heterocycles. The van der Waals surface area contributed by atoms with E-state index in [-0.39, 0.29) is 0 Å². The summed E-state index contributed by atoms with van der Waals surface area (Å²) in [4.78, 5) is 0. The molecular weight excluding hydrogens is 156 g/mol. The standard InChI is InChI=1S/C13H20/c1-9(2)12-7-6-8-13(10(3)4)11(12)5/h6-10H,1-5H3. The van der Waals surface area contributed by atoms with Gasteiger partial charge in [0.1, 0.15) is 0 Å². The Bertz CT molecular complexity index is 256. The summed E-state index contributed by atoms with van der Waals surface area (Å²) in [5.41, 5.74) is 4.46. The van der Waals surface area contributed by atoms with Gasteiger partial charge in [-0.2, -0.15) is 0 Å². The van der Waals surface area contributed by atoms with Crippen molar-refractivity contribution >= 4 is 0 Å². The van der Waals surface area contributed by atoms with Gasteiger partial charge in [-0.1, -0.05) is 45.9 Å². The topological polar surface area (TPSA) is 0 Å². The summed E-state index contributed by atoms with van der Waals surface area (Å²) in [5.74, 6) is 1.28. The lowest BCUT2D eigenvalue weighted by molar-refractivity contribution is 0.817. The minimum Gasteiger partial charge on any atom is -0.0617 e. The second-order valence-electron chi connectivity index (χ2n) is 4.37. The van der Waals surface area contributed by atoms with Gasteiger partial charge >= 0.3 is 0 Å². The molecule has 0 spiro atoms. The predicted molar refractivity (Wildman–Crippen MR) is 59.4 cm³/mol. The van der Waals surface area contributed by atoms with E-state index in [2.05, 4.69) is 52.8 Å². The Morgan fingerprint density at radius 3 is 1.54 bits per heavy atom. The van der Waals surface area contributed by atoms with E-state index in [0.717, 1.165) is 0 Å². The maximum absolute atomic E-state index is 2.26. The highest BCUT2D eigenvalue weighted by Crippen LogP contribution is 2.26. The molecule has 13 heavy (non-hydrogen) atoms. The summed E-state index contributed by atoms with van der Waals surface area (Å²) in [7, 11) is 0. The minimum atomic E-state index is 0.638. The van der Waals surface area contributed by atoms with Crippen LogP contribution < -0.4 is 0 Å². The van der Waals surface area contributed by atoms with Gasteiger partial charge < -0.3 is 0 Å². The van der Waals surface area contributed by atoms with Gasteiger partial charge in [-0.25, -0.2) is 0 Å². The highest BCUT2D eigenvalue weighted by Gasteiger charge is 2.08. The van der Waals surface area contributed by atoms with Crippen LogP contribution in [0, 0.1) is 6.92 Å². The number of benzene rings is 1. The average molecular weight is 176 g/mol. The van der Waals surface area contributed by atoms with E-state index < -0.39 is 0 Å². The quantitative estimate of drug-likeness (QED) is 0.632. The molecule has 0 aliphatic rings. The third-order valence-electron chi connectivity index (χ3n) is 2.66. The Balaban J connectivity index is 3.18. The summed E-state index contributed by atoms with van der Waals surface area (Å²) >= 11 is 0.